The van der Waals surface area contributed by atoms with Crippen LogP contribution < -0.4 is 5.32 Å². The maximum absolute atomic E-state index is 11.9. The summed E-state index contributed by atoms with van der Waals surface area (Å²) in [6, 6.07) is 0.590. The highest BCUT2D eigenvalue weighted by atomic mass is 16.5. The van der Waals surface area contributed by atoms with Gasteiger partial charge in [-0.25, -0.2) is 0 Å². The molecule has 0 saturated carbocycles. The molecule has 19 heavy (non-hydrogen) atoms. The van der Waals surface area contributed by atoms with E-state index in [-0.39, 0.29) is 12.5 Å². The lowest BCUT2D eigenvalue weighted by Gasteiger charge is -2.32. The van der Waals surface area contributed by atoms with Crippen LogP contribution in [-0.2, 0) is 9.53 Å². The monoisotopic (exact) mass is 269 g/mol. The molecule has 0 aromatic rings. The van der Waals surface area contributed by atoms with Crippen LogP contribution in [0.25, 0.3) is 0 Å². The molecule has 0 radical (unpaired) electrons. The number of rotatable bonds is 5. The molecule has 2 aliphatic heterocycles. The first-order valence-electron chi connectivity index (χ1n) is 7.53. The Bertz CT molecular complexity index is 272. The number of nitrogens with one attached hydrogen (secondary N) is 1. The van der Waals surface area contributed by atoms with Crippen molar-refractivity contribution in [3.63, 3.8) is 0 Å². The van der Waals surface area contributed by atoms with Crippen molar-refractivity contribution in [2.45, 2.75) is 31.7 Å². The van der Waals surface area contributed by atoms with Gasteiger partial charge in [-0.3, -0.25) is 4.79 Å². The predicted octanol–water partition coefficient (Wildman–Crippen LogP) is 0.309. The van der Waals surface area contributed by atoms with Gasteiger partial charge >= 0.3 is 0 Å². The SMILES string of the molecule is CN1CCN(C(=O)COCCC2CCCCN2)CC1. The summed E-state index contributed by atoms with van der Waals surface area (Å²) < 4.78 is 5.53. The molecule has 1 N–H and O–H groups in total. The number of piperazine rings is 1. The Morgan fingerprint density at radius 3 is 2.74 bits per heavy atom. The topological polar surface area (TPSA) is 44.8 Å². The van der Waals surface area contributed by atoms with Crippen molar-refractivity contribution < 1.29 is 9.53 Å². The molecule has 1 atom stereocenters. The summed E-state index contributed by atoms with van der Waals surface area (Å²) in [4.78, 5) is 16.1. The van der Waals surface area contributed by atoms with E-state index < -0.39 is 0 Å². The lowest BCUT2D eigenvalue weighted by atomic mass is 10.0. The zero-order chi connectivity index (χ0) is 13.5. The van der Waals surface area contributed by atoms with Crippen molar-refractivity contribution in [2.75, 3.05) is 53.0 Å². The van der Waals surface area contributed by atoms with Crippen molar-refractivity contribution in [2.24, 2.45) is 0 Å². The Labute approximate surface area is 116 Å². The lowest BCUT2D eigenvalue weighted by molar-refractivity contribution is -0.137. The van der Waals surface area contributed by atoms with E-state index in [0.717, 1.165) is 39.1 Å². The number of nitrogens with zero attached hydrogens (tertiary/aromatic N) is 2. The fourth-order valence-electron chi connectivity index (χ4n) is 2.70. The van der Waals surface area contributed by atoms with E-state index in [0.29, 0.717) is 12.6 Å². The number of piperidine rings is 1. The molecule has 2 fully saturated rings. The van der Waals surface area contributed by atoms with Gasteiger partial charge in [-0.05, 0) is 32.9 Å². The third kappa shape index (κ3) is 5.09. The maximum atomic E-state index is 11.9. The lowest BCUT2D eigenvalue weighted by Crippen LogP contribution is -2.48. The van der Waals surface area contributed by atoms with Crippen LogP contribution in [0.15, 0.2) is 0 Å². The average Bonchev–Trinajstić information content (AvgIpc) is 2.45. The molecule has 0 bridgehead atoms. The first kappa shape index (κ1) is 14.8. The minimum Gasteiger partial charge on any atom is -0.372 e. The van der Waals surface area contributed by atoms with Gasteiger partial charge in [0.15, 0.2) is 0 Å². The average molecular weight is 269 g/mol. The molecule has 0 aromatic carbocycles. The normalized spacial score (nSPS) is 25.5. The summed E-state index contributed by atoms with van der Waals surface area (Å²) in [6.45, 7) is 5.68. The number of ether oxygens (including phenoxy) is 1. The molecular weight excluding hydrogens is 242 g/mol. The maximum Gasteiger partial charge on any atom is 0.248 e. The Kier molecular flexibility index (Phi) is 6.07. The first-order chi connectivity index (χ1) is 9.25. The second-order valence-electron chi connectivity index (χ2n) is 5.67. The van der Waals surface area contributed by atoms with Crippen molar-refractivity contribution in [1.29, 1.82) is 0 Å². The zero-order valence-corrected chi connectivity index (χ0v) is 12.1. The number of hydrogen-bond donors (Lipinski definition) is 1. The van der Waals surface area contributed by atoms with Crippen LogP contribution in [0.2, 0.25) is 0 Å². The summed E-state index contributed by atoms with van der Waals surface area (Å²) in [5.74, 6) is 0.143. The van der Waals surface area contributed by atoms with Crippen LogP contribution in [0.1, 0.15) is 25.7 Å². The summed E-state index contributed by atoms with van der Waals surface area (Å²) >= 11 is 0. The van der Waals surface area contributed by atoms with E-state index in [4.69, 9.17) is 4.74 Å². The van der Waals surface area contributed by atoms with Gasteiger partial charge in [0.25, 0.3) is 0 Å². The van der Waals surface area contributed by atoms with E-state index in [1.165, 1.54) is 19.3 Å². The zero-order valence-electron chi connectivity index (χ0n) is 12.1. The highest BCUT2D eigenvalue weighted by molar-refractivity contribution is 5.77. The molecule has 2 saturated heterocycles. The second kappa shape index (κ2) is 7.82. The fourth-order valence-corrected chi connectivity index (χ4v) is 2.70. The molecule has 0 aliphatic carbocycles. The van der Waals surface area contributed by atoms with Gasteiger partial charge in [0.1, 0.15) is 6.61 Å². The van der Waals surface area contributed by atoms with Crippen LogP contribution in [0.5, 0.6) is 0 Å². The minimum atomic E-state index is 0.143. The summed E-state index contributed by atoms with van der Waals surface area (Å²) in [6.07, 6.45) is 4.88. The van der Waals surface area contributed by atoms with Gasteiger partial charge in [0.2, 0.25) is 5.91 Å². The Morgan fingerprint density at radius 2 is 2.05 bits per heavy atom. The van der Waals surface area contributed by atoms with E-state index >= 15 is 0 Å². The van der Waals surface area contributed by atoms with Crippen LogP contribution in [0.4, 0.5) is 0 Å². The molecule has 5 nitrogen and oxygen atoms in total. The van der Waals surface area contributed by atoms with Gasteiger partial charge in [-0.1, -0.05) is 6.42 Å². The highest BCUT2D eigenvalue weighted by Crippen LogP contribution is 2.10. The molecule has 2 aliphatic rings. The number of carbonyl (C=O) groups excluding carboxylic acids is 1. The van der Waals surface area contributed by atoms with Crippen molar-refractivity contribution in [3.05, 3.63) is 0 Å². The molecule has 5 heteroatoms. The quantitative estimate of drug-likeness (QED) is 0.730. The first-order valence-corrected chi connectivity index (χ1v) is 7.53. The molecule has 0 spiro atoms. The van der Waals surface area contributed by atoms with Gasteiger partial charge in [0, 0.05) is 38.8 Å². The fraction of sp³-hybridized carbons (Fsp3) is 0.929. The van der Waals surface area contributed by atoms with Crippen LogP contribution in [-0.4, -0.2) is 74.7 Å². The van der Waals surface area contributed by atoms with Crippen LogP contribution >= 0.6 is 0 Å². The second-order valence-corrected chi connectivity index (χ2v) is 5.67. The molecule has 2 heterocycles. The molecule has 110 valence electrons. The Balaban J connectivity index is 1.53. The van der Waals surface area contributed by atoms with Crippen LogP contribution in [0, 0.1) is 0 Å². The molecule has 2 rings (SSSR count). The third-order valence-corrected chi connectivity index (χ3v) is 4.10. The van der Waals surface area contributed by atoms with Gasteiger partial charge in [0.05, 0.1) is 0 Å². The van der Waals surface area contributed by atoms with Gasteiger partial charge in [-0.2, -0.15) is 0 Å². The summed E-state index contributed by atoms with van der Waals surface area (Å²) in [5.41, 5.74) is 0. The molecule has 1 unspecified atom stereocenters. The van der Waals surface area contributed by atoms with Gasteiger partial charge < -0.3 is 19.9 Å². The number of carbonyl (C=O) groups is 1. The van der Waals surface area contributed by atoms with Crippen molar-refractivity contribution >= 4 is 5.91 Å². The molecule has 1 amide bonds. The Morgan fingerprint density at radius 1 is 1.26 bits per heavy atom. The summed E-state index contributed by atoms with van der Waals surface area (Å²) in [7, 11) is 2.09. The predicted molar refractivity (Wildman–Crippen MR) is 75.2 cm³/mol. The molecule has 0 aromatic heterocycles. The smallest absolute Gasteiger partial charge is 0.248 e. The largest absolute Gasteiger partial charge is 0.372 e. The Hall–Kier alpha value is -0.650. The van der Waals surface area contributed by atoms with E-state index in [2.05, 4.69) is 17.3 Å². The van der Waals surface area contributed by atoms with E-state index in [9.17, 15) is 4.79 Å². The highest BCUT2D eigenvalue weighted by Gasteiger charge is 2.19. The number of likely N-dealkylation sites (N-methyl/N-ethyl adjacent to an activating group) is 1. The van der Waals surface area contributed by atoms with E-state index in [1.54, 1.807) is 0 Å². The minimum absolute atomic E-state index is 0.143. The molecular formula is C14H27N3O2. The number of hydrogen-bond acceptors (Lipinski definition) is 4. The van der Waals surface area contributed by atoms with Gasteiger partial charge in [-0.15, -0.1) is 0 Å². The van der Waals surface area contributed by atoms with Crippen molar-refractivity contribution in [1.82, 2.24) is 15.1 Å². The van der Waals surface area contributed by atoms with E-state index in [1.807, 2.05) is 4.90 Å². The standard InChI is InChI=1S/C14H27N3O2/c1-16-7-9-17(10-8-16)14(18)12-19-11-5-13-4-2-3-6-15-13/h13,15H,2-12H2,1H3. The summed E-state index contributed by atoms with van der Waals surface area (Å²) in [5, 5.41) is 3.49. The van der Waals surface area contributed by atoms with Crippen molar-refractivity contribution in [3.8, 4) is 0 Å². The third-order valence-electron chi connectivity index (χ3n) is 4.10. The number of amides is 1. The van der Waals surface area contributed by atoms with Crippen LogP contribution in [0.3, 0.4) is 0 Å².